The first-order chi connectivity index (χ1) is 11.8. The number of carbonyl (C=O) groups is 1. The molecule has 0 aromatic carbocycles. The lowest BCUT2D eigenvalue weighted by Crippen LogP contribution is -2.36. The smallest absolute Gasteiger partial charge is 0.226 e. The Labute approximate surface area is 140 Å². The highest BCUT2D eigenvalue weighted by Crippen LogP contribution is 2.35. The topological polar surface area (TPSA) is 80.2 Å². The minimum Gasteiger partial charge on any atom is -0.375 e. The second-order valence-corrected chi connectivity index (χ2v) is 6.13. The monoisotopic (exact) mass is 325 g/mol. The summed E-state index contributed by atoms with van der Waals surface area (Å²) in [5.74, 6) is 0.775. The number of rotatable bonds is 4. The van der Waals surface area contributed by atoms with Gasteiger partial charge in [-0.05, 0) is 18.2 Å². The van der Waals surface area contributed by atoms with Gasteiger partial charge in [0, 0.05) is 37.6 Å². The van der Waals surface area contributed by atoms with Crippen LogP contribution in [0.15, 0.2) is 42.9 Å². The number of ether oxygens (including phenoxy) is 1. The lowest BCUT2D eigenvalue weighted by molar-refractivity contribution is -0.126. The Hall–Kier alpha value is -2.54. The van der Waals surface area contributed by atoms with Crippen LogP contribution >= 0.6 is 0 Å². The number of fused-ring (bicyclic) bond motifs is 1. The quantitative estimate of drug-likeness (QED) is 0.888. The summed E-state index contributed by atoms with van der Waals surface area (Å²) in [5, 5.41) is 2.98. The van der Waals surface area contributed by atoms with Gasteiger partial charge < -0.3 is 15.0 Å². The molecule has 0 unspecified atom stereocenters. The highest BCUT2D eigenvalue weighted by Gasteiger charge is 2.47. The number of hydrogen-bond donors (Lipinski definition) is 1. The van der Waals surface area contributed by atoms with Gasteiger partial charge in [-0.25, -0.2) is 9.97 Å². The largest absolute Gasteiger partial charge is 0.375 e. The van der Waals surface area contributed by atoms with E-state index in [1.807, 2.05) is 18.2 Å². The lowest BCUT2D eigenvalue weighted by atomic mass is 9.92. The molecule has 4 rings (SSSR count). The van der Waals surface area contributed by atoms with E-state index in [9.17, 15) is 4.79 Å². The molecule has 1 N–H and O–H groups in total. The molecule has 2 saturated heterocycles. The normalized spacial score (nSPS) is 25.5. The van der Waals surface area contributed by atoms with Gasteiger partial charge in [-0.2, -0.15) is 0 Å². The molecule has 2 aromatic rings. The maximum absolute atomic E-state index is 12.5. The number of nitrogens with zero attached hydrogens (tertiary/aromatic N) is 4. The Balaban J connectivity index is 1.38. The van der Waals surface area contributed by atoms with Gasteiger partial charge in [0.1, 0.15) is 0 Å². The van der Waals surface area contributed by atoms with Gasteiger partial charge in [-0.1, -0.05) is 6.07 Å². The SMILES string of the molecule is O=C(NCc1ccccn1)[C@H]1CO[C@@H]2CN(c3ncccn3)C[C@H]12. The summed E-state index contributed by atoms with van der Waals surface area (Å²) in [5.41, 5.74) is 0.854. The van der Waals surface area contributed by atoms with Crippen molar-refractivity contribution in [2.24, 2.45) is 11.8 Å². The Morgan fingerprint density at radius 3 is 2.79 bits per heavy atom. The van der Waals surface area contributed by atoms with E-state index < -0.39 is 0 Å². The van der Waals surface area contributed by atoms with Crippen LogP contribution < -0.4 is 10.2 Å². The molecule has 7 nitrogen and oxygen atoms in total. The van der Waals surface area contributed by atoms with Gasteiger partial charge in [0.2, 0.25) is 11.9 Å². The number of pyridine rings is 1. The van der Waals surface area contributed by atoms with Gasteiger partial charge in [0.15, 0.2) is 0 Å². The zero-order valence-corrected chi connectivity index (χ0v) is 13.2. The molecule has 0 radical (unpaired) electrons. The van der Waals surface area contributed by atoms with Crippen molar-refractivity contribution >= 4 is 11.9 Å². The number of anilines is 1. The van der Waals surface area contributed by atoms with Gasteiger partial charge in [0.05, 0.1) is 30.9 Å². The van der Waals surface area contributed by atoms with E-state index in [2.05, 4.69) is 25.2 Å². The molecule has 4 heterocycles. The molecule has 0 saturated carbocycles. The minimum absolute atomic E-state index is 0.0315. The van der Waals surface area contributed by atoms with Crippen LogP contribution in [0.5, 0.6) is 0 Å². The number of hydrogen-bond acceptors (Lipinski definition) is 6. The first kappa shape index (κ1) is 15.0. The fourth-order valence-electron chi connectivity index (χ4n) is 3.41. The van der Waals surface area contributed by atoms with Crippen LogP contribution in [-0.2, 0) is 16.1 Å². The molecule has 3 atom stereocenters. The molecule has 0 spiro atoms. The van der Waals surface area contributed by atoms with Crippen molar-refractivity contribution in [3.05, 3.63) is 48.5 Å². The summed E-state index contributed by atoms with van der Waals surface area (Å²) < 4.78 is 5.84. The van der Waals surface area contributed by atoms with Crippen LogP contribution in [0.1, 0.15) is 5.69 Å². The van der Waals surface area contributed by atoms with Crippen LogP contribution in [-0.4, -0.2) is 46.7 Å². The fraction of sp³-hybridized carbons (Fsp3) is 0.412. The summed E-state index contributed by atoms with van der Waals surface area (Å²) in [7, 11) is 0. The van der Waals surface area contributed by atoms with Crippen molar-refractivity contribution in [1.29, 1.82) is 0 Å². The average molecular weight is 325 g/mol. The Kier molecular flexibility index (Phi) is 4.08. The summed E-state index contributed by atoms with van der Waals surface area (Å²) in [6, 6.07) is 7.47. The zero-order chi connectivity index (χ0) is 16.4. The minimum atomic E-state index is -0.132. The first-order valence-corrected chi connectivity index (χ1v) is 8.12. The molecular weight excluding hydrogens is 306 g/mol. The molecule has 0 aliphatic carbocycles. The van der Waals surface area contributed by atoms with Gasteiger partial charge in [-0.15, -0.1) is 0 Å². The Morgan fingerprint density at radius 2 is 2.00 bits per heavy atom. The van der Waals surface area contributed by atoms with Crippen molar-refractivity contribution in [3.8, 4) is 0 Å². The highest BCUT2D eigenvalue weighted by atomic mass is 16.5. The van der Waals surface area contributed by atoms with Crippen LogP contribution in [0.3, 0.4) is 0 Å². The number of aromatic nitrogens is 3. The number of amides is 1. The number of carbonyl (C=O) groups excluding carboxylic acids is 1. The van der Waals surface area contributed by atoms with Crippen molar-refractivity contribution < 1.29 is 9.53 Å². The van der Waals surface area contributed by atoms with Crippen molar-refractivity contribution in [1.82, 2.24) is 20.3 Å². The Bertz CT molecular complexity index is 697. The summed E-state index contributed by atoms with van der Waals surface area (Å²) in [6.45, 7) is 2.40. The Morgan fingerprint density at radius 1 is 1.17 bits per heavy atom. The molecule has 0 bridgehead atoms. The van der Waals surface area contributed by atoms with Crippen molar-refractivity contribution in [2.45, 2.75) is 12.6 Å². The van der Waals surface area contributed by atoms with E-state index in [0.717, 1.165) is 18.8 Å². The molecule has 124 valence electrons. The van der Waals surface area contributed by atoms with Crippen LogP contribution in [0.4, 0.5) is 5.95 Å². The van der Waals surface area contributed by atoms with Gasteiger partial charge >= 0.3 is 0 Å². The van der Waals surface area contributed by atoms with E-state index in [1.165, 1.54) is 0 Å². The van der Waals surface area contributed by atoms with Gasteiger partial charge in [0.25, 0.3) is 0 Å². The predicted molar refractivity (Wildman–Crippen MR) is 87.0 cm³/mol. The van der Waals surface area contributed by atoms with Crippen LogP contribution in [0.2, 0.25) is 0 Å². The lowest BCUT2D eigenvalue weighted by Gasteiger charge is -2.19. The maximum Gasteiger partial charge on any atom is 0.226 e. The maximum atomic E-state index is 12.5. The van der Waals surface area contributed by atoms with E-state index in [4.69, 9.17) is 4.74 Å². The van der Waals surface area contributed by atoms with Crippen LogP contribution in [0.25, 0.3) is 0 Å². The molecule has 2 aromatic heterocycles. The summed E-state index contributed by atoms with van der Waals surface area (Å²) in [4.78, 5) is 27.4. The molecule has 24 heavy (non-hydrogen) atoms. The van der Waals surface area contributed by atoms with Gasteiger partial charge in [-0.3, -0.25) is 9.78 Å². The first-order valence-electron chi connectivity index (χ1n) is 8.12. The predicted octanol–water partition coefficient (Wildman–Crippen LogP) is 0.639. The molecule has 2 aliphatic heterocycles. The van der Waals surface area contributed by atoms with E-state index >= 15 is 0 Å². The average Bonchev–Trinajstić information content (AvgIpc) is 3.22. The molecular formula is C17H19N5O2. The second kappa shape index (κ2) is 6.52. The third-order valence-electron chi connectivity index (χ3n) is 4.66. The van der Waals surface area contributed by atoms with E-state index in [0.29, 0.717) is 19.1 Å². The van der Waals surface area contributed by atoms with Crippen molar-refractivity contribution in [3.63, 3.8) is 0 Å². The molecule has 2 fully saturated rings. The van der Waals surface area contributed by atoms with E-state index in [-0.39, 0.29) is 23.8 Å². The standard InChI is InChI=1S/C17H19N5O2/c23-16(21-8-12-4-1-2-5-18-12)14-11-24-15-10-22(9-13(14)15)17-19-6-3-7-20-17/h1-7,13-15H,8-11H2,(H,21,23)/t13-,14+,15-/m1/s1. The van der Waals surface area contributed by atoms with Crippen LogP contribution in [0, 0.1) is 11.8 Å². The zero-order valence-electron chi connectivity index (χ0n) is 13.2. The third kappa shape index (κ3) is 2.94. The summed E-state index contributed by atoms with van der Waals surface area (Å²) in [6.07, 6.45) is 5.26. The molecule has 7 heteroatoms. The fourth-order valence-corrected chi connectivity index (χ4v) is 3.41. The summed E-state index contributed by atoms with van der Waals surface area (Å²) >= 11 is 0. The highest BCUT2D eigenvalue weighted by molar-refractivity contribution is 5.79. The second-order valence-electron chi connectivity index (χ2n) is 6.13. The number of nitrogens with one attached hydrogen (secondary N) is 1. The van der Waals surface area contributed by atoms with E-state index in [1.54, 1.807) is 24.7 Å². The molecule has 2 aliphatic rings. The molecule has 1 amide bonds. The third-order valence-corrected chi connectivity index (χ3v) is 4.66. The van der Waals surface area contributed by atoms with Crippen molar-refractivity contribution in [2.75, 3.05) is 24.6 Å².